The van der Waals surface area contributed by atoms with E-state index in [1.54, 1.807) is 7.05 Å². The van der Waals surface area contributed by atoms with Crippen molar-refractivity contribution in [1.29, 1.82) is 0 Å². The Morgan fingerprint density at radius 1 is 1.47 bits per heavy atom. The Labute approximate surface area is 100 Å². The van der Waals surface area contributed by atoms with Crippen molar-refractivity contribution in [2.75, 3.05) is 33.5 Å². The van der Waals surface area contributed by atoms with E-state index in [0.29, 0.717) is 13.2 Å². The van der Waals surface area contributed by atoms with Crippen LogP contribution in [-0.4, -0.2) is 61.4 Å². The maximum absolute atomic E-state index is 11.8. The van der Waals surface area contributed by atoms with E-state index in [4.69, 9.17) is 14.6 Å². The van der Waals surface area contributed by atoms with Gasteiger partial charge < -0.3 is 19.5 Å². The molecule has 0 aliphatic carbocycles. The first kappa shape index (κ1) is 13.9. The number of carboxylic acid groups (broad SMARTS) is 1. The molecule has 1 amide bonds. The third kappa shape index (κ3) is 3.67. The molecular weight excluding hydrogens is 226 g/mol. The minimum Gasteiger partial charge on any atom is -0.481 e. The highest BCUT2D eigenvalue weighted by Gasteiger charge is 2.38. The Bertz CT molecular complexity index is 281. The number of nitrogens with zero attached hydrogens (tertiary/aromatic N) is 1. The van der Waals surface area contributed by atoms with E-state index in [-0.39, 0.29) is 31.6 Å². The van der Waals surface area contributed by atoms with Gasteiger partial charge in [0.05, 0.1) is 32.3 Å². The smallest absolute Gasteiger partial charge is 0.311 e. The first-order valence-corrected chi connectivity index (χ1v) is 5.71. The summed E-state index contributed by atoms with van der Waals surface area (Å²) in [5, 5.41) is 8.99. The van der Waals surface area contributed by atoms with Crippen molar-refractivity contribution in [3.05, 3.63) is 0 Å². The number of carbonyl (C=O) groups is 2. The Morgan fingerprint density at radius 3 is 2.76 bits per heavy atom. The molecule has 17 heavy (non-hydrogen) atoms. The average Bonchev–Trinajstić information content (AvgIpc) is 2.77. The van der Waals surface area contributed by atoms with Crippen LogP contribution in [0.4, 0.5) is 0 Å². The first-order chi connectivity index (χ1) is 8.07. The molecule has 6 heteroatoms. The van der Waals surface area contributed by atoms with Crippen molar-refractivity contribution >= 4 is 11.9 Å². The standard InChI is InChI=1S/C11H19NO5/c1-3-16-5-4-10(13)12(2)9-7-17-6-8(9)11(14)15/h8-9H,3-7H2,1-2H3,(H,14,15). The molecule has 0 saturated carbocycles. The van der Waals surface area contributed by atoms with Crippen molar-refractivity contribution in [1.82, 2.24) is 4.90 Å². The van der Waals surface area contributed by atoms with Crippen molar-refractivity contribution in [3.8, 4) is 0 Å². The van der Waals surface area contributed by atoms with E-state index in [0.717, 1.165) is 0 Å². The molecule has 6 nitrogen and oxygen atoms in total. The van der Waals surface area contributed by atoms with Gasteiger partial charge in [-0.25, -0.2) is 0 Å². The molecule has 1 rings (SSSR count). The predicted molar refractivity (Wildman–Crippen MR) is 59.6 cm³/mol. The molecule has 1 heterocycles. The van der Waals surface area contributed by atoms with Crippen LogP contribution in [0.5, 0.6) is 0 Å². The Morgan fingerprint density at radius 2 is 2.18 bits per heavy atom. The van der Waals surface area contributed by atoms with Gasteiger partial charge in [0.1, 0.15) is 5.92 Å². The van der Waals surface area contributed by atoms with Crippen LogP contribution in [0.2, 0.25) is 0 Å². The van der Waals surface area contributed by atoms with E-state index >= 15 is 0 Å². The van der Waals surface area contributed by atoms with Crippen LogP contribution in [0.3, 0.4) is 0 Å². The zero-order valence-corrected chi connectivity index (χ0v) is 10.2. The van der Waals surface area contributed by atoms with Gasteiger partial charge in [-0.15, -0.1) is 0 Å². The largest absolute Gasteiger partial charge is 0.481 e. The minimum atomic E-state index is -0.919. The van der Waals surface area contributed by atoms with Gasteiger partial charge in [-0.1, -0.05) is 0 Å². The lowest BCUT2D eigenvalue weighted by Gasteiger charge is -2.26. The second-order valence-electron chi connectivity index (χ2n) is 4.00. The summed E-state index contributed by atoms with van der Waals surface area (Å²) in [7, 11) is 1.61. The lowest BCUT2D eigenvalue weighted by molar-refractivity contribution is -0.144. The Hall–Kier alpha value is -1.14. The molecule has 0 aromatic heterocycles. The molecule has 0 aromatic carbocycles. The molecule has 1 aliphatic rings. The van der Waals surface area contributed by atoms with Crippen LogP contribution in [0.25, 0.3) is 0 Å². The Balaban J connectivity index is 2.47. The number of likely N-dealkylation sites (N-methyl/N-ethyl adjacent to an activating group) is 1. The molecule has 1 fully saturated rings. The third-order valence-electron chi connectivity index (χ3n) is 2.92. The number of amides is 1. The minimum absolute atomic E-state index is 0.111. The van der Waals surface area contributed by atoms with Crippen molar-refractivity contribution < 1.29 is 24.2 Å². The fraction of sp³-hybridized carbons (Fsp3) is 0.818. The van der Waals surface area contributed by atoms with E-state index in [2.05, 4.69) is 0 Å². The maximum Gasteiger partial charge on any atom is 0.311 e. The quantitative estimate of drug-likeness (QED) is 0.665. The number of hydrogen-bond acceptors (Lipinski definition) is 4. The van der Waals surface area contributed by atoms with Crippen LogP contribution in [0.15, 0.2) is 0 Å². The maximum atomic E-state index is 11.8. The molecule has 2 atom stereocenters. The average molecular weight is 245 g/mol. The van der Waals surface area contributed by atoms with Gasteiger partial charge in [0.25, 0.3) is 0 Å². The number of ether oxygens (including phenoxy) is 2. The van der Waals surface area contributed by atoms with E-state index in [1.165, 1.54) is 4.90 Å². The summed E-state index contributed by atoms with van der Waals surface area (Å²) in [4.78, 5) is 24.2. The number of carbonyl (C=O) groups excluding carboxylic acids is 1. The second kappa shape index (κ2) is 6.56. The van der Waals surface area contributed by atoms with Crippen LogP contribution in [0.1, 0.15) is 13.3 Å². The van der Waals surface area contributed by atoms with E-state index in [1.807, 2.05) is 6.92 Å². The molecule has 0 aromatic rings. The van der Waals surface area contributed by atoms with E-state index in [9.17, 15) is 9.59 Å². The Kier molecular flexibility index (Phi) is 5.37. The first-order valence-electron chi connectivity index (χ1n) is 5.71. The van der Waals surface area contributed by atoms with Gasteiger partial charge >= 0.3 is 5.97 Å². The van der Waals surface area contributed by atoms with Gasteiger partial charge in [0, 0.05) is 13.7 Å². The summed E-state index contributed by atoms with van der Waals surface area (Å²) in [6.07, 6.45) is 0.271. The zero-order chi connectivity index (χ0) is 12.8. The number of aliphatic carboxylic acids is 1. The van der Waals surface area contributed by atoms with Gasteiger partial charge in [0.15, 0.2) is 0 Å². The fourth-order valence-corrected chi connectivity index (χ4v) is 1.83. The monoisotopic (exact) mass is 245 g/mol. The normalized spacial score (nSPS) is 23.6. The molecule has 1 saturated heterocycles. The lowest BCUT2D eigenvalue weighted by Crippen LogP contribution is -2.44. The summed E-state index contributed by atoms with van der Waals surface area (Å²) >= 11 is 0. The van der Waals surface area contributed by atoms with Crippen molar-refractivity contribution in [3.63, 3.8) is 0 Å². The highest BCUT2D eigenvalue weighted by molar-refractivity contribution is 5.78. The topological polar surface area (TPSA) is 76.1 Å². The zero-order valence-electron chi connectivity index (χ0n) is 10.2. The molecule has 1 aliphatic heterocycles. The van der Waals surface area contributed by atoms with Crippen LogP contribution in [-0.2, 0) is 19.1 Å². The predicted octanol–water partition coefficient (Wildman–Crippen LogP) is -0.0290. The highest BCUT2D eigenvalue weighted by atomic mass is 16.5. The van der Waals surface area contributed by atoms with Gasteiger partial charge in [-0.3, -0.25) is 9.59 Å². The summed E-state index contributed by atoms with van der Waals surface area (Å²) in [6, 6.07) is -0.373. The summed E-state index contributed by atoms with van der Waals surface area (Å²) in [6.45, 7) is 3.25. The molecule has 0 spiro atoms. The summed E-state index contributed by atoms with van der Waals surface area (Å²) < 4.78 is 10.2. The number of carboxylic acids is 1. The van der Waals surface area contributed by atoms with Crippen LogP contribution in [0, 0.1) is 5.92 Å². The summed E-state index contributed by atoms with van der Waals surface area (Å²) in [5.74, 6) is -1.66. The fourth-order valence-electron chi connectivity index (χ4n) is 1.83. The van der Waals surface area contributed by atoms with Crippen molar-refractivity contribution in [2.24, 2.45) is 5.92 Å². The molecule has 0 bridgehead atoms. The van der Waals surface area contributed by atoms with Gasteiger partial charge in [-0.05, 0) is 6.92 Å². The highest BCUT2D eigenvalue weighted by Crippen LogP contribution is 2.19. The number of hydrogen-bond donors (Lipinski definition) is 1. The third-order valence-corrected chi connectivity index (χ3v) is 2.92. The lowest BCUT2D eigenvalue weighted by atomic mass is 10.0. The number of rotatable bonds is 6. The second-order valence-corrected chi connectivity index (χ2v) is 4.00. The van der Waals surface area contributed by atoms with Crippen LogP contribution < -0.4 is 0 Å². The van der Waals surface area contributed by atoms with Gasteiger partial charge in [-0.2, -0.15) is 0 Å². The molecule has 1 N–H and O–H groups in total. The van der Waals surface area contributed by atoms with Crippen LogP contribution >= 0.6 is 0 Å². The molecular formula is C11H19NO5. The van der Waals surface area contributed by atoms with E-state index < -0.39 is 11.9 Å². The van der Waals surface area contributed by atoms with Crippen molar-refractivity contribution in [2.45, 2.75) is 19.4 Å². The SMILES string of the molecule is CCOCCC(=O)N(C)C1COCC1C(=O)O. The molecule has 0 radical (unpaired) electrons. The van der Waals surface area contributed by atoms with Gasteiger partial charge in [0.2, 0.25) is 5.91 Å². The molecule has 98 valence electrons. The molecule has 2 unspecified atom stereocenters. The summed E-state index contributed by atoms with van der Waals surface area (Å²) in [5.41, 5.74) is 0.